The lowest BCUT2D eigenvalue weighted by Crippen LogP contribution is -1.98. The summed E-state index contributed by atoms with van der Waals surface area (Å²) in [6.45, 7) is 1.99. The Morgan fingerprint density at radius 2 is 2.13 bits per heavy atom. The molecule has 0 atom stereocenters. The van der Waals surface area contributed by atoms with E-state index in [4.69, 9.17) is 5.73 Å². The summed E-state index contributed by atoms with van der Waals surface area (Å²) in [6.07, 6.45) is 0.795. The van der Waals surface area contributed by atoms with Crippen LogP contribution in [0.25, 0.3) is 10.9 Å². The zero-order chi connectivity index (χ0) is 11.0. The Hall–Kier alpha value is -1.16. The van der Waals surface area contributed by atoms with Gasteiger partial charge >= 0.3 is 0 Å². The molecule has 1 heterocycles. The van der Waals surface area contributed by atoms with Gasteiger partial charge in [0.25, 0.3) is 0 Å². The molecule has 2 nitrogen and oxygen atoms in total. The summed E-state index contributed by atoms with van der Waals surface area (Å²) < 4.78 is 14.2. The number of fused-ring (bicyclic) bond motifs is 1. The highest BCUT2D eigenvalue weighted by atomic mass is 79.9. The molecule has 0 saturated carbocycles. The van der Waals surface area contributed by atoms with Crippen LogP contribution in [0.5, 0.6) is 0 Å². The van der Waals surface area contributed by atoms with E-state index in [1.165, 1.54) is 6.07 Å². The summed E-state index contributed by atoms with van der Waals surface area (Å²) in [4.78, 5) is 4.07. The Bertz CT molecular complexity index is 525. The summed E-state index contributed by atoms with van der Waals surface area (Å²) in [5.41, 5.74) is 6.99. The second kappa shape index (κ2) is 3.77. The SMILES string of the molecule is CCc1cc2cc(Br)cc(F)c2nc1N. The number of aromatic nitrogens is 1. The minimum Gasteiger partial charge on any atom is -0.383 e. The Morgan fingerprint density at radius 1 is 1.40 bits per heavy atom. The number of hydrogen-bond acceptors (Lipinski definition) is 2. The third-order valence-corrected chi connectivity index (χ3v) is 2.79. The number of benzene rings is 1. The van der Waals surface area contributed by atoms with Crippen molar-refractivity contribution in [2.75, 3.05) is 5.73 Å². The Labute approximate surface area is 95.4 Å². The molecule has 0 radical (unpaired) electrons. The molecule has 0 aliphatic heterocycles. The number of nitrogens with zero attached hydrogens (tertiary/aromatic N) is 1. The lowest BCUT2D eigenvalue weighted by Gasteiger charge is -2.06. The van der Waals surface area contributed by atoms with E-state index < -0.39 is 0 Å². The van der Waals surface area contributed by atoms with E-state index in [1.807, 2.05) is 19.1 Å². The van der Waals surface area contributed by atoms with Crippen molar-refractivity contribution in [3.05, 3.63) is 34.1 Å². The molecule has 1 aromatic heterocycles. The van der Waals surface area contributed by atoms with Gasteiger partial charge in [0.1, 0.15) is 11.3 Å². The molecule has 4 heteroatoms. The van der Waals surface area contributed by atoms with Crippen LogP contribution < -0.4 is 5.73 Å². The molecule has 0 aliphatic rings. The molecular formula is C11H10BrFN2. The molecule has 1 aromatic carbocycles. The number of nitrogens with two attached hydrogens (primary N) is 1. The molecule has 0 fully saturated rings. The Morgan fingerprint density at radius 3 is 2.80 bits per heavy atom. The third-order valence-electron chi connectivity index (χ3n) is 2.33. The monoisotopic (exact) mass is 268 g/mol. The van der Waals surface area contributed by atoms with Crippen LogP contribution in [-0.4, -0.2) is 4.98 Å². The number of pyridine rings is 1. The van der Waals surface area contributed by atoms with Crippen LogP contribution in [0.15, 0.2) is 22.7 Å². The zero-order valence-corrected chi connectivity index (χ0v) is 9.81. The number of rotatable bonds is 1. The summed E-state index contributed by atoms with van der Waals surface area (Å²) >= 11 is 3.25. The molecule has 0 spiro atoms. The van der Waals surface area contributed by atoms with E-state index in [9.17, 15) is 4.39 Å². The minimum atomic E-state index is -0.353. The first-order valence-corrected chi connectivity index (χ1v) is 5.45. The van der Waals surface area contributed by atoms with Crippen LogP contribution in [0.3, 0.4) is 0 Å². The maximum Gasteiger partial charge on any atom is 0.150 e. The van der Waals surface area contributed by atoms with Gasteiger partial charge in [0.05, 0.1) is 0 Å². The third kappa shape index (κ3) is 1.81. The zero-order valence-electron chi connectivity index (χ0n) is 8.22. The molecular weight excluding hydrogens is 259 g/mol. The van der Waals surface area contributed by atoms with E-state index in [1.54, 1.807) is 0 Å². The van der Waals surface area contributed by atoms with Crippen LogP contribution in [0, 0.1) is 5.82 Å². The smallest absolute Gasteiger partial charge is 0.150 e. The van der Waals surface area contributed by atoms with Gasteiger partial charge in [-0.3, -0.25) is 0 Å². The van der Waals surface area contributed by atoms with Crippen LogP contribution in [-0.2, 0) is 6.42 Å². The van der Waals surface area contributed by atoms with Crippen molar-refractivity contribution in [3.63, 3.8) is 0 Å². The van der Waals surface area contributed by atoms with Crippen molar-refractivity contribution in [1.29, 1.82) is 0 Å². The molecule has 78 valence electrons. The first-order chi connectivity index (χ1) is 7.11. The number of aryl methyl sites for hydroxylation is 1. The average Bonchev–Trinajstić information content (AvgIpc) is 2.18. The fraction of sp³-hybridized carbons (Fsp3) is 0.182. The van der Waals surface area contributed by atoms with Gasteiger partial charge in [0.2, 0.25) is 0 Å². The van der Waals surface area contributed by atoms with Crippen molar-refractivity contribution in [2.45, 2.75) is 13.3 Å². The number of hydrogen-bond donors (Lipinski definition) is 1. The predicted molar refractivity (Wildman–Crippen MR) is 63.2 cm³/mol. The van der Waals surface area contributed by atoms with Gasteiger partial charge in [0.15, 0.2) is 5.82 Å². The highest BCUT2D eigenvalue weighted by Crippen LogP contribution is 2.25. The summed E-state index contributed by atoms with van der Waals surface area (Å²) in [5.74, 6) is 0.0555. The van der Waals surface area contributed by atoms with Gasteiger partial charge in [-0.1, -0.05) is 22.9 Å². The van der Waals surface area contributed by atoms with Gasteiger partial charge in [0, 0.05) is 9.86 Å². The molecule has 15 heavy (non-hydrogen) atoms. The Balaban J connectivity index is 2.81. The van der Waals surface area contributed by atoms with Gasteiger partial charge in [-0.25, -0.2) is 9.37 Å². The maximum atomic E-state index is 13.5. The first kappa shape index (κ1) is 10.4. The summed E-state index contributed by atoms with van der Waals surface area (Å²) in [7, 11) is 0. The van der Waals surface area contributed by atoms with Crippen LogP contribution >= 0.6 is 15.9 Å². The second-order valence-electron chi connectivity index (χ2n) is 3.35. The van der Waals surface area contributed by atoms with E-state index in [2.05, 4.69) is 20.9 Å². The van der Waals surface area contributed by atoms with E-state index >= 15 is 0 Å². The van der Waals surface area contributed by atoms with Crippen molar-refractivity contribution < 1.29 is 4.39 Å². The second-order valence-corrected chi connectivity index (χ2v) is 4.26. The number of anilines is 1. The first-order valence-electron chi connectivity index (χ1n) is 4.66. The highest BCUT2D eigenvalue weighted by Gasteiger charge is 2.07. The van der Waals surface area contributed by atoms with Crippen molar-refractivity contribution in [1.82, 2.24) is 4.98 Å². The van der Waals surface area contributed by atoms with Gasteiger partial charge in [-0.05, 0) is 30.2 Å². The molecule has 2 aromatic rings. The standard InChI is InChI=1S/C11H10BrFN2/c1-2-6-3-7-4-8(12)5-9(13)10(7)15-11(6)14/h3-5H,2H2,1H3,(H2,14,15). The summed E-state index contributed by atoms with van der Waals surface area (Å²) in [6, 6.07) is 5.11. The van der Waals surface area contributed by atoms with E-state index in [0.29, 0.717) is 15.8 Å². The van der Waals surface area contributed by atoms with E-state index in [0.717, 1.165) is 17.4 Å². The number of nitrogen functional groups attached to an aromatic ring is 1. The predicted octanol–water partition coefficient (Wildman–Crippen LogP) is 3.28. The Kier molecular flexibility index (Phi) is 2.61. The maximum absolute atomic E-state index is 13.5. The van der Waals surface area contributed by atoms with Gasteiger partial charge in [-0.2, -0.15) is 0 Å². The molecule has 0 bridgehead atoms. The van der Waals surface area contributed by atoms with Crippen molar-refractivity contribution >= 4 is 32.7 Å². The molecule has 2 rings (SSSR count). The normalized spacial score (nSPS) is 10.9. The molecule has 0 unspecified atom stereocenters. The molecule has 0 aliphatic carbocycles. The largest absolute Gasteiger partial charge is 0.383 e. The van der Waals surface area contributed by atoms with Gasteiger partial charge < -0.3 is 5.73 Å². The average molecular weight is 269 g/mol. The fourth-order valence-electron chi connectivity index (χ4n) is 1.55. The lowest BCUT2D eigenvalue weighted by molar-refractivity contribution is 0.636. The fourth-order valence-corrected chi connectivity index (χ4v) is 2.00. The van der Waals surface area contributed by atoms with Gasteiger partial charge in [-0.15, -0.1) is 0 Å². The molecule has 0 saturated heterocycles. The topological polar surface area (TPSA) is 38.9 Å². The lowest BCUT2D eigenvalue weighted by atomic mass is 10.1. The van der Waals surface area contributed by atoms with Crippen LogP contribution in [0.4, 0.5) is 10.2 Å². The van der Waals surface area contributed by atoms with E-state index in [-0.39, 0.29) is 5.82 Å². The van der Waals surface area contributed by atoms with Crippen molar-refractivity contribution in [2.24, 2.45) is 0 Å². The van der Waals surface area contributed by atoms with Crippen LogP contribution in [0.2, 0.25) is 0 Å². The molecule has 0 amide bonds. The number of halogens is 2. The van der Waals surface area contributed by atoms with Crippen molar-refractivity contribution in [3.8, 4) is 0 Å². The highest BCUT2D eigenvalue weighted by molar-refractivity contribution is 9.10. The molecule has 2 N–H and O–H groups in total. The van der Waals surface area contributed by atoms with Crippen LogP contribution in [0.1, 0.15) is 12.5 Å². The quantitative estimate of drug-likeness (QED) is 0.862. The summed E-state index contributed by atoms with van der Waals surface area (Å²) in [5, 5.41) is 0.771. The minimum absolute atomic E-state index is 0.327.